The number of hydrogen-bond donors (Lipinski definition) is 0. The standard InChI is InChI=1S/C16H12INO2/c17-18-9-8-13-10-14(6-7-15(13)18)16(19)20-11-12-4-2-1-3-5-12/h1-10H,11H2. The highest BCUT2D eigenvalue weighted by molar-refractivity contribution is 14.1. The zero-order valence-corrected chi connectivity index (χ0v) is 12.8. The Balaban J connectivity index is 1.75. The molecule has 0 atom stereocenters. The summed E-state index contributed by atoms with van der Waals surface area (Å²) in [5, 5.41) is 1.04. The van der Waals surface area contributed by atoms with Crippen molar-refractivity contribution in [3.63, 3.8) is 0 Å². The van der Waals surface area contributed by atoms with Gasteiger partial charge in [-0.15, -0.1) is 0 Å². The third kappa shape index (κ3) is 2.70. The lowest BCUT2D eigenvalue weighted by molar-refractivity contribution is 0.0473. The van der Waals surface area contributed by atoms with Crippen LogP contribution in [-0.2, 0) is 11.3 Å². The van der Waals surface area contributed by atoms with Gasteiger partial charge in [-0.25, -0.2) is 4.79 Å². The van der Waals surface area contributed by atoms with Crippen molar-refractivity contribution in [2.45, 2.75) is 6.61 Å². The quantitative estimate of drug-likeness (QED) is 0.506. The minimum Gasteiger partial charge on any atom is -0.457 e. The SMILES string of the molecule is O=C(OCc1ccccc1)c1ccc2c(ccn2I)c1. The minimum atomic E-state index is -0.294. The number of carbonyl (C=O) groups is 1. The van der Waals surface area contributed by atoms with Crippen LogP contribution >= 0.6 is 22.9 Å². The van der Waals surface area contributed by atoms with Gasteiger partial charge in [-0.3, -0.25) is 2.78 Å². The van der Waals surface area contributed by atoms with Crippen molar-refractivity contribution >= 4 is 39.7 Å². The van der Waals surface area contributed by atoms with Gasteiger partial charge in [0.2, 0.25) is 0 Å². The molecule has 0 amide bonds. The van der Waals surface area contributed by atoms with Crippen molar-refractivity contribution in [2.75, 3.05) is 0 Å². The van der Waals surface area contributed by atoms with E-state index in [0.717, 1.165) is 16.5 Å². The van der Waals surface area contributed by atoms with E-state index in [-0.39, 0.29) is 5.97 Å². The lowest BCUT2D eigenvalue weighted by Crippen LogP contribution is -2.05. The summed E-state index contributed by atoms with van der Waals surface area (Å²) in [7, 11) is 0. The van der Waals surface area contributed by atoms with E-state index < -0.39 is 0 Å². The Labute approximate surface area is 130 Å². The van der Waals surface area contributed by atoms with Crippen molar-refractivity contribution in [1.29, 1.82) is 0 Å². The molecule has 1 heterocycles. The highest BCUT2D eigenvalue weighted by atomic mass is 127. The van der Waals surface area contributed by atoms with Gasteiger partial charge in [0.1, 0.15) is 6.61 Å². The first-order valence-electron chi connectivity index (χ1n) is 6.22. The number of nitrogens with zero attached hydrogens (tertiary/aromatic N) is 1. The molecule has 0 radical (unpaired) electrons. The summed E-state index contributed by atoms with van der Waals surface area (Å²) in [6, 6.07) is 17.2. The van der Waals surface area contributed by atoms with E-state index in [0.29, 0.717) is 12.2 Å². The smallest absolute Gasteiger partial charge is 0.338 e. The number of ether oxygens (including phenoxy) is 1. The second kappa shape index (κ2) is 5.66. The lowest BCUT2D eigenvalue weighted by atomic mass is 10.1. The Hall–Kier alpha value is -1.82. The molecule has 0 unspecified atom stereocenters. The fourth-order valence-corrected chi connectivity index (χ4v) is 2.64. The second-order valence-corrected chi connectivity index (χ2v) is 5.50. The van der Waals surface area contributed by atoms with Gasteiger partial charge >= 0.3 is 5.97 Å². The van der Waals surface area contributed by atoms with E-state index in [9.17, 15) is 4.79 Å². The molecule has 3 aromatic rings. The Bertz CT molecular complexity index is 750. The molecule has 0 spiro atoms. The van der Waals surface area contributed by atoms with E-state index in [1.54, 1.807) is 6.07 Å². The van der Waals surface area contributed by atoms with Crippen LogP contribution in [0.25, 0.3) is 10.9 Å². The molecule has 1 aromatic heterocycles. The number of hydrogen-bond acceptors (Lipinski definition) is 2. The van der Waals surface area contributed by atoms with Crippen LogP contribution in [0.2, 0.25) is 0 Å². The normalized spacial score (nSPS) is 10.7. The maximum absolute atomic E-state index is 12.0. The first kappa shape index (κ1) is 13.2. The molecule has 100 valence electrons. The van der Waals surface area contributed by atoms with Crippen molar-refractivity contribution in [3.05, 3.63) is 71.9 Å². The molecule has 3 rings (SSSR count). The monoisotopic (exact) mass is 377 g/mol. The van der Waals surface area contributed by atoms with Crippen LogP contribution in [0.15, 0.2) is 60.8 Å². The van der Waals surface area contributed by atoms with Gasteiger partial charge in [0, 0.05) is 11.6 Å². The summed E-state index contributed by atoms with van der Waals surface area (Å²) >= 11 is 2.21. The molecule has 0 bridgehead atoms. The largest absolute Gasteiger partial charge is 0.457 e. The Morgan fingerprint density at radius 3 is 2.70 bits per heavy atom. The van der Waals surface area contributed by atoms with Crippen molar-refractivity contribution in [3.8, 4) is 0 Å². The Kier molecular flexibility index (Phi) is 3.73. The molecule has 4 heteroatoms. The van der Waals surface area contributed by atoms with Gasteiger partial charge in [0.05, 0.1) is 33.9 Å². The van der Waals surface area contributed by atoms with E-state index in [4.69, 9.17) is 4.74 Å². The van der Waals surface area contributed by atoms with Crippen LogP contribution < -0.4 is 0 Å². The first-order valence-corrected chi connectivity index (χ1v) is 7.19. The third-order valence-electron chi connectivity index (χ3n) is 3.09. The van der Waals surface area contributed by atoms with Crippen molar-refractivity contribution in [2.24, 2.45) is 0 Å². The number of rotatable bonds is 3. The van der Waals surface area contributed by atoms with E-state index in [1.165, 1.54) is 0 Å². The maximum Gasteiger partial charge on any atom is 0.338 e. The third-order valence-corrected chi connectivity index (χ3v) is 3.93. The Morgan fingerprint density at radius 2 is 1.90 bits per heavy atom. The number of benzene rings is 2. The van der Waals surface area contributed by atoms with Crippen LogP contribution in [0.1, 0.15) is 15.9 Å². The molecule has 2 aromatic carbocycles. The number of esters is 1. The summed E-state index contributed by atoms with van der Waals surface area (Å²) < 4.78 is 7.31. The highest BCUT2D eigenvalue weighted by Gasteiger charge is 2.09. The van der Waals surface area contributed by atoms with Crippen molar-refractivity contribution in [1.82, 2.24) is 2.78 Å². The fourth-order valence-electron chi connectivity index (χ4n) is 2.04. The summed E-state index contributed by atoms with van der Waals surface area (Å²) in [5.41, 5.74) is 2.65. The maximum atomic E-state index is 12.0. The predicted molar refractivity (Wildman–Crippen MR) is 86.9 cm³/mol. The lowest BCUT2D eigenvalue weighted by Gasteiger charge is -2.05. The summed E-state index contributed by atoms with van der Waals surface area (Å²) in [5.74, 6) is -0.294. The van der Waals surface area contributed by atoms with Crippen LogP contribution in [0, 0.1) is 0 Å². The predicted octanol–water partition coefficient (Wildman–Crippen LogP) is 4.20. The molecule has 0 aliphatic heterocycles. The highest BCUT2D eigenvalue weighted by Crippen LogP contribution is 2.20. The molecule has 20 heavy (non-hydrogen) atoms. The number of aromatic nitrogens is 1. The average molecular weight is 377 g/mol. The summed E-state index contributed by atoms with van der Waals surface area (Å²) in [6.45, 7) is 0.297. The zero-order valence-electron chi connectivity index (χ0n) is 10.6. The van der Waals surface area contributed by atoms with Crippen LogP contribution in [0.3, 0.4) is 0 Å². The van der Waals surface area contributed by atoms with Crippen molar-refractivity contribution < 1.29 is 9.53 Å². The van der Waals surface area contributed by atoms with Gasteiger partial charge in [-0.1, -0.05) is 30.3 Å². The molecule has 0 saturated heterocycles. The number of carbonyl (C=O) groups excluding carboxylic acids is 1. The van der Waals surface area contributed by atoms with E-state index in [1.807, 2.05) is 57.5 Å². The van der Waals surface area contributed by atoms with Gasteiger partial charge in [-0.05, 0) is 29.8 Å². The van der Waals surface area contributed by atoms with E-state index in [2.05, 4.69) is 22.9 Å². The van der Waals surface area contributed by atoms with Gasteiger partial charge in [-0.2, -0.15) is 0 Å². The molecule has 0 N–H and O–H groups in total. The second-order valence-electron chi connectivity index (χ2n) is 4.46. The average Bonchev–Trinajstić information content (AvgIpc) is 2.87. The summed E-state index contributed by atoms with van der Waals surface area (Å²) in [6.07, 6.45) is 1.96. The van der Waals surface area contributed by atoms with Crippen LogP contribution in [0.4, 0.5) is 0 Å². The van der Waals surface area contributed by atoms with Crippen LogP contribution in [-0.4, -0.2) is 8.75 Å². The fraction of sp³-hybridized carbons (Fsp3) is 0.0625. The van der Waals surface area contributed by atoms with Crippen LogP contribution in [0.5, 0.6) is 0 Å². The molecule has 0 aliphatic carbocycles. The van der Waals surface area contributed by atoms with Gasteiger partial charge < -0.3 is 4.74 Å². The molecular formula is C16H12INO2. The van der Waals surface area contributed by atoms with Gasteiger partial charge in [0.25, 0.3) is 0 Å². The molecule has 0 saturated carbocycles. The zero-order chi connectivity index (χ0) is 13.9. The summed E-state index contributed by atoms with van der Waals surface area (Å²) in [4.78, 5) is 12.0. The topological polar surface area (TPSA) is 31.2 Å². The van der Waals surface area contributed by atoms with Gasteiger partial charge in [0.15, 0.2) is 0 Å². The first-order chi connectivity index (χ1) is 9.74. The van der Waals surface area contributed by atoms with E-state index >= 15 is 0 Å². The molecule has 3 nitrogen and oxygen atoms in total. The number of fused-ring (bicyclic) bond motifs is 1. The number of halogens is 1. The molecular weight excluding hydrogens is 365 g/mol. The molecule has 0 fully saturated rings. The minimum absolute atomic E-state index is 0.294. The Morgan fingerprint density at radius 1 is 1.10 bits per heavy atom. The molecule has 0 aliphatic rings.